The number of benzene rings is 1. The topological polar surface area (TPSA) is 38.9 Å². The van der Waals surface area contributed by atoms with Crippen molar-refractivity contribution < 1.29 is 0 Å². The lowest BCUT2D eigenvalue weighted by Crippen LogP contribution is -1.95. The standard InChI is InChI=1S/C13H16N2S/c1-8-4-5-11(9(2)6-8)7-12-10(3)16-13(14)15-12/h4-6H,7H2,1-3H3,(H2,14,15). The van der Waals surface area contributed by atoms with E-state index in [2.05, 4.69) is 44.0 Å². The molecule has 0 aliphatic carbocycles. The molecule has 3 heteroatoms. The Hall–Kier alpha value is -1.35. The summed E-state index contributed by atoms with van der Waals surface area (Å²) in [5.41, 5.74) is 10.8. The Morgan fingerprint density at radius 2 is 2.00 bits per heavy atom. The summed E-state index contributed by atoms with van der Waals surface area (Å²) < 4.78 is 0. The molecule has 2 aromatic rings. The van der Waals surface area contributed by atoms with Gasteiger partial charge in [-0.1, -0.05) is 23.8 Å². The number of aromatic nitrogens is 1. The van der Waals surface area contributed by atoms with Crippen molar-refractivity contribution >= 4 is 16.5 Å². The van der Waals surface area contributed by atoms with Crippen LogP contribution in [0.3, 0.4) is 0 Å². The van der Waals surface area contributed by atoms with E-state index in [4.69, 9.17) is 5.73 Å². The number of nitrogens with two attached hydrogens (primary N) is 1. The predicted octanol–water partition coefficient (Wildman–Crippen LogP) is 3.24. The van der Waals surface area contributed by atoms with Gasteiger partial charge in [0.2, 0.25) is 0 Å². The van der Waals surface area contributed by atoms with Crippen molar-refractivity contribution in [2.45, 2.75) is 27.2 Å². The molecule has 16 heavy (non-hydrogen) atoms. The van der Waals surface area contributed by atoms with E-state index in [0.717, 1.165) is 12.1 Å². The van der Waals surface area contributed by atoms with Gasteiger partial charge in [-0.25, -0.2) is 4.98 Å². The Labute approximate surface area is 100 Å². The highest BCUT2D eigenvalue weighted by Crippen LogP contribution is 2.23. The van der Waals surface area contributed by atoms with E-state index in [-0.39, 0.29) is 0 Å². The highest BCUT2D eigenvalue weighted by Gasteiger charge is 2.07. The first-order valence-electron chi connectivity index (χ1n) is 5.34. The highest BCUT2D eigenvalue weighted by molar-refractivity contribution is 7.15. The van der Waals surface area contributed by atoms with E-state index in [1.54, 1.807) is 11.3 Å². The van der Waals surface area contributed by atoms with Crippen molar-refractivity contribution in [3.05, 3.63) is 45.5 Å². The summed E-state index contributed by atoms with van der Waals surface area (Å²) in [4.78, 5) is 5.59. The minimum Gasteiger partial charge on any atom is -0.375 e. The van der Waals surface area contributed by atoms with Gasteiger partial charge >= 0.3 is 0 Å². The Bertz CT molecular complexity index is 515. The van der Waals surface area contributed by atoms with Crippen LogP contribution in [-0.4, -0.2) is 4.98 Å². The normalized spacial score (nSPS) is 10.7. The van der Waals surface area contributed by atoms with Crippen LogP contribution in [0.15, 0.2) is 18.2 Å². The summed E-state index contributed by atoms with van der Waals surface area (Å²) >= 11 is 1.56. The third kappa shape index (κ3) is 2.25. The Morgan fingerprint density at radius 3 is 2.56 bits per heavy atom. The maximum Gasteiger partial charge on any atom is 0.180 e. The summed E-state index contributed by atoms with van der Waals surface area (Å²) in [5, 5.41) is 0.664. The van der Waals surface area contributed by atoms with Crippen LogP contribution in [0.2, 0.25) is 0 Å². The fraction of sp³-hybridized carbons (Fsp3) is 0.308. The molecular formula is C13H16N2S. The van der Waals surface area contributed by atoms with E-state index in [0.29, 0.717) is 5.13 Å². The third-order valence-electron chi connectivity index (χ3n) is 2.77. The van der Waals surface area contributed by atoms with Crippen LogP contribution in [0.4, 0.5) is 5.13 Å². The second-order valence-corrected chi connectivity index (χ2v) is 5.40. The average molecular weight is 232 g/mol. The number of rotatable bonds is 2. The Balaban J connectivity index is 2.30. The maximum absolute atomic E-state index is 5.70. The van der Waals surface area contributed by atoms with E-state index in [1.165, 1.54) is 21.6 Å². The van der Waals surface area contributed by atoms with Gasteiger partial charge < -0.3 is 5.73 Å². The molecule has 0 saturated carbocycles. The number of nitrogen functional groups attached to an aromatic ring is 1. The molecule has 1 heterocycles. The fourth-order valence-corrected chi connectivity index (χ4v) is 2.54. The molecule has 1 aromatic heterocycles. The second-order valence-electron chi connectivity index (χ2n) is 4.16. The van der Waals surface area contributed by atoms with Gasteiger partial charge in [0.05, 0.1) is 5.69 Å². The Kier molecular flexibility index (Phi) is 2.97. The summed E-state index contributed by atoms with van der Waals surface area (Å²) in [7, 11) is 0. The zero-order chi connectivity index (χ0) is 11.7. The van der Waals surface area contributed by atoms with Gasteiger partial charge in [-0.05, 0) is 31.9 Å². The van der Waals surface area contributed by atoms with Crippen LogP contribution in [0, 0.1) is 20.8 Å². The van der Waals surface area contributed by atoms with Crippen molar-refractivity contribution in [2.75, 3.05) is 5.73 Å². The molecule has 0 saturated heterocycles. The minimum atomic E-state index is 0.664. The summed E-state index contributed by atoms with van der Waals surface area (Å²) in [6, 6.07) is 6.54. The van der Waals surface area contributed by atoms with E-state index in [9.17, 15) is 0 Å². The lowest BCUT2D eigenvalue weighted by atomic mass is 10.0. The number of hydrogen-bond acceptors (Lipinski definition) is 3. The second kappa shape index (κ2) is 4.26. The van der Waals surface area contributed by atoms with E-state index >= 15 is 0 Å². The lowest BCUT2D eigenvalue weighted by molar-refractivity contribution is 1.07. The number of thiazole rings is 1. The quantitative estimate of drug-likeness (QED) is 0.863. The molecule has 0 radical (unpaired) electrons. The summed E-state index contributed by atoms with van der Waals surface area (Å²) in [6.07, 6.45) is 0.881. The van der Waals surface area contributed by atoms with E-state index in [1.807, 2.05) is 0 Å². The maximum atomic E-state index is 5.70. The monoisotopic (exact) mass is 232 g/mol. The van der Waals surface area contributed by atoms with Gasteiger partial charge in [0.15, 0.2) is 5.13 Å². The molecule has 0 bridgehead atoms. The van der Waals surface area contributed by atoms with Crippen molar-refractivity contribution in [3.63, 3.8) is 0 Å². The van der Waals surface area contributed by atoms with Crippen LogP contribution < -0.4 is 5.73 Å². The van der Waals surface area contributed by atoms with Crippen LogP contribution >= 0.6 is 11.3 Å². The number of nitrogens with zero attached hydrogens (tertiary/aromatic N) is 1. The fourth-order valence-electron chi connectivity index (χ4n) is 1.84. The SMILES string of the molecule is Cc1ccc(Cc2nc(N)sc2C)c(C)c1. The zero-order valence-electron chi connectivity index (χ0n) is 9.87. The number of anilines is 1. The van der Waals surface area contributed by atoms with Gasteiger partial charge in [-0.2, -0.15) is 0 Å². The van der Waals surface area contributed by atoms with Crippen LogP contribution in [-0.2, 0) is 6.42 Å². The van der Waals surface area contributed by atoms with Crippen molar-refractivity contribution in [2.24, 2.45) is 0 Å². The molecular weight excluding hydrogens is 216 g/mol. The molecule has 0 amide bonds. The Morgan fingerprint density at radius 1 is 1.25 bits per heavy atom. The number of aryl methyl sites for hydroxylation is 3. The summed E-state index contributed by atoms with van der Waals surface area (Å²) in [6.45, 7) is 6.34. The van der Waals surface area contributed by atoms with Gasteiger partial charge in [0.25, 0.3) is 0 Å². The average Bonchev–Trinajstić information content (AvgIpc) is 2.50. The smallest absolute Gasteiger partial charge is 0.180 e. The molecule has 0 atom stereocenters. The molecule has 0 unspecified atom stereocenters. The van der Waals surface area contributed by atoms with Crippen molar-refractivity contribution in [1.82, 2.24) is 4.98 Å². The third-order valence-corrected chi connectivity index (χ3v) is 3.61. The molecule has 0 fully saturated rings. The van der Waals surface area contributed by atoms with Gasteiger partial charge in [-0.3, -0.25) is 0 Å². The molecule has 2 nitrogen and oxygen atoms in total. The number of hydrogen-bond donors (Lipinski definition) is 1. The lowest BCUT2D eigenvalue weighted by Gasteiger charge is -2.05. The molecule has 0 aliphatic heterocycles. The van der Waals surface area contributed by atoms with Gasteiger partial charge in [0.1, 0.15) is 0 Å². The molecule has 1 aromatic carbocycles. The molecule has 0 aliphatic rings. The zero-order valence-corrected chi connectivity index (χ0v) is 10.7. The molecule has 0 spiro atoms. The highest BCUT2D eigenvalue weighted by atomic mass is 32.1. The van der Waals surface area contributed by atoms with Crippen molar-refractivity contribution in [1.29, 1.82) is 0 Å². The minimum absolute atomic E-state index is 0.664. The van der Waals surface area contributed by atoms with Crippen LogP contribution in [0.25, 0.3) is 0 Å². The predicted molar refractivity (Wildman–Crippen MR) is 70.0 cm³/mol. The van der Waals surface area contributed by atoms with Crippen LogP contribution in [0.5, 0.6) is 0 Å². The van der Waals surface area contributed by atoms with Gasteiger partial charge in [0, 0.05) is 11.3 Å². The first kappa shape index (κ1) is 11.1. The van der Waals surface area contributed by atoms with E-state index < -0.39 is 0 Å². The molecule has 2 N–H and O–H groups in total. The van der Waals surface area contributed by atoms with Gasteiger partial charge in [-0.15, -0.1) is 11.3 Å². The largest absolute Gasteiger partial charge is 0.375 e. The van der Waals surface area contributed by atoms with Crippen LogP contribution in [0.1, 0.15) is 27.3 Å². The first-order valence-corrected chi connectivity index (χ1v) is 6.16. The summed E-state index contributed by atoms with van der Waals surface area (Å²) in [5.74, 6) is 0. The first-order chi connectivity index (χ1) is 7.56. The molecule has 84 valence electrons. The van der Waals surface area contributed by atoms with Crippen molar-refractivity contribution in [3.8, 4) is 0 Å². The molecule has 2 rings (SSSR count).